The molecule has 0 aromatic heterocycles. The lowest BCUT2D eigenvalue weighted by atomic mass is 10.0. The van der Waals surface area contributed by atoms with Gasteiger partial charge in [0.25, 0.3) is 5.91 Å². The Morgan fingerprint density at radius 2 is 1.66 bits per heavy atom. The van der Waals surface area contributed by atoms with E-state index in [0.29, 0.717) is 30.2 Å². The number of ether oxygens (including phenoxy) is 2. The second-order valence-electron chi connectivity index (χ2n) is 12.1. The average Bonchev–Trinajstić information content (AvgIpc) is 3.06. The first-order valence-electron chi connectivity index (χ1n) is 16.0. The van der Waals surface area contributed by atoms with Crippen LogP contribution in [0.5, 0.6) is 5.75 Å². The third-order valence-corrected chi connectivity index (χ3v) is 10.1. The molecule has 3 amide bonds. The van der Waals surface area contributed by atoms with Crippen LogP contribution in [0.15, 0.2) is 83.8 Å². The summed E-state index contributed by atoms with van der Waals surface area (Å²) in [4.78, 5) is 28.8. The van der Waals surface area contributed by atoms with Crippen LogP contribution in [0.3, 0.4) is 0 Å². The number of aliphatic hydroxyl groups is 1. The molecule has 0 fully saturated rings. The minimum absolute atomic E-state index is 0.0780. The monoisotopic (exact) mass is 666 g/mol. The van der Waals surface area contributed by atoms with E-state index in [-0.39, 0.29) is 42.2 Å². The molecule has 3 N–H and O–H groups in total. The summed E-state index contributed by atoms with van der Waals surface area (Å²) >= 11 is 0. The van der Waals surface area contributed by atoms with Crippen molar-refractivity contribution < 1.29 is 32.6 Å². The summed E-state index contributed by atoms with van der Waals surface area (Å²) < 4.78 is 40.6. The first-order chi connectivity index (χ1) is 22.5. The van der Waals surface area contributed by atoms with Gasteiger partial charge in [-0.1, -0.05) is 43.3 Å². The maximum Gasteiger partial charge on any atom is 0.323 e. The SMILES string of the molecule is C[C@@H]1CCCCO[C@H](CN(C)S(=O)(=O)c2ccccc2)[C@H](C)CN([C@H](C)CO)C(=O)c2cc(NC(=O)Nc3ccccc3)ccc2O1. The lowest BCUT2D eigenvalue weighted by Gasteiger charge is -2.35. The number of hydrogen-bond acceptors (Lipinski definition) is 7. The van der Waals surface area contributed by atoms with Crippen LogP contribution >= 0.6 is 0 Å². The number of sulfonamides is 1. The lowest BCUT2D eigenvalue weighted by molar-refractivity contribution is -0.00833. The number of fused-ring (bicyclic) bond motifs is 1. The highest BCUT2D eigenvalue weighted by Crippen LogP contribution is 2.29. The van der Waals surface area contributed by atoms with Gasteiger partial charge in [0.05, 0.1) is 35.3 Å². The highest BCUT2D eigenvalue weighted by Gasteiger charge is 2.32. The summed E-state index contributed by atoms with van der Waals surface area (Å²) in [6, 6.07) is 21.1. The molecule has 0 aliphatic carbocycles. The van der Waals surface area contributed by atoms with Gasteiger partial charge >= 0.3 is 6.03 Å². The normalized spacial score (nSPS) is 20.4. The molecule has 12 heteroatoms. The van der Waals surface area contributed by atoms with Gasteiger partial charge in [0, 0.05) is 44.0 Å². The Morgan fingerprint density at radius 3 is 2.34 bits per heavy atom. The summed E-state index contributed by atoms with van der Waals surface area (Å²) in [6.45, 7) is 5.96. The molecule has 1 aliphatic rings. The number of para-hydroxylation sites is 1. The van der Waals surface area contributed by atoms with Gasteiger partial charge in [0.2, 0.25) is 10.0 Å². The number of anilines is 2. The molecule has 0 radical (unpaired) electrons. The first-order valence-corrected chi connectivity index (χ1v) is 17.4. The van der Waals surface area contributed by atoms with Gasteiger partial charge in [-0.3, -0.25) is 4.79 Å². The van der Waals surface area contributed by atoms with Crippen LogP contribution in [0.4, 0.5) is 16.2 Å². The maximum atomic E-state index is 14.3. The number of aliphatic hydroxyl groups excluding tert-OH is 1. The first kappa shape index (κ1) is 35.9. The Morgan fingerprint density at radius 1 is 1.00 bits per heavy atom. The Bertz CT molecular complexity index is 1570. The fourth-order valence-corrected chi connectivity index (χ4v) is 6.61. The Hall–Kier alpha value is -3.97. The third-order valence-electron chi connectivity index (χ3n) is 8.23. The average molecular weight is 667 g/mol. The van der Waals surface area contributed by atoms with Crippen molar-refractivity contribution in [3.05, 3.63) is 84.4 Å². The van der Waals surface area contributed by atoms with E-state index in [0.717, 1.165) is 12.8 Å². The maximum absolute atomic E-state index is 14.3. The van der Waals surface area contributed by atoms with Gasteiger partial charge in [0.15, 0.2) is 0 Å². The Kier molecular flexibility index (Phi) is 12.8. The summed E-state index contributed by atoms with van der Waals surface area (Å²) in [5, 5.41) is 15.8. The van der Waals surface area contributed by atoms with Crippen molar-refractivity contribution in [2.24, 2.45) is 5.92 Å². The van der Waals surface area contributed by atoms with E-state index in [9.17, 15) is 23.1 Å². The molecule has 0 unspecified atom stereocenters. The summed E-state index contributed by atoms with van der Waals surface area (Å²) in [6.07, 6.45) is 1.50. The van der Waals surface area contributed by atoms with Crippen molar-refractivity contribution in [3.8, 4) is 5.75 Å². The molecular weight excluding hydrogens is 620 g/mol. The van der Waals surface area contributed by atoms with Crippen LogP contribution in [-0.2, 0) is 14.8 Å². The molecule has 254 valence electrons. The van der Waals surface area contributed by atoms with Gasteiger partial charge in [-0.15, -0.1) is 0 Å². The molecule has 0 bridgehead atoms. The number of carbonyl (C=O) groups excluding carboxylic acids is 2. The van der Waals surface area contributed by atoms with E-state index >= 15 is 0 Å². The van der Waals surface area contributed by atoms with Crippen LogP contribution in [0.25, 0.3) is 0 Å². The van der Waals surface area contributed by atoms with E-state index in [1.807, 2.05) is 32.0 Å². The molecule has 4 atom stereocenters. The van der Waals surface area contributed by atoms with Crippen molar-refractivity contribution in [2.75, 3.05) is 44.0 Å². The zero-order valence-corrected chi connectivity index (χ0v) is 28.3. The largest absolute Gasteiger partial charge is 0.490 e. The van der Waals surface area contributed by atoms with E-state index in [1.54, 1.807) is 72.5 Å². The molecular formula is C35H46N4O7S. The van der Waals surface area contributed by atoms with Gasteiger partial charge < -0.3 is 30.1 Å². The minimum Gasteiger partial charge on any atom is -0.490 e. The standard InChI is InChI=1S/C35H46N4O7S/c1-25-22-39(26(2)24-40)34(41)31-21-29(37-35(42)36-28-14-7-5-8-15-28)18-19-32(31)46-27(3)13-11-12-20-45-33(25)23-38(4)47(43,44)30-16-9-6-10-17-30/h5-10,14-19,21,25-27,33,40H,11-13,20,22-24H2,1-4H3,(H2,36,37,42)/t25-,26-,27-,33-/m1/s1. The highest BCUT2D eigenvalue weighted by molar-refractivity contribution is 7.89. The number of amides is 3. The smallest absolute Gasteiger partial charge is 0.323 e. The van der Waals surface area contributed by atoms with E-state index < -0.39 is 34.1 Å². The summed E-state index contributed by atoms with van der Waals surface area (Å²) in [7, 11) is -2.25. The number of nitrogens with zero attached hydrogens (tertiary/aromatic N) is 2. The van der Waals surface area contributed by atoms with Crippen molar-refractivity contribution in [3.63, 3.8) is 0 Å². The van der Waals surface area contributed by atoms with Gasteiger partial charge in [-0.05, 0) is 75.6 Å². The number of hydrogen-bond donors (Lipinski definition) is 3. The highest BCUT2D eigenvalue weighted by atomic mass is 32.2. The van der Waals surface area contributed by atoms with Gasteiger partial charge in [0.1, 0.15) is 5.75 Å². The molecule has 0 saturated heterocycles. The predicted molar refractivity (Wildman–Crippen MR) is 182 cm³/mol. The summed E-state index contributed by atoms with van der Waals surface area (Å²) in [5.41, 5.74) is 1.24. The molecule has 47 heavy (non-hydrogen) atoms. The number of nitrogens with one attached hydrogen (secondary N) is 2. The molecule has 0 spiro atoms. The molecule has 1 heterocycles. The van der Waals surface area contributed by atoms with Crippen LogP contribution in [0.2, 0.25) is 0 Å². The van der Waals surface area contributed by atoms with Crippen molar-refractivity contribution in [1.29, 1.82) is 0 Å². The quantitative estimate of drug-likeness (QED) is 0.291. The Labute approximate surface area is 277 Å². The number of likely N-dealkylation sites (N-methyl/N-ethyl adjacent to an activating group) is 1. The van der Waals surface area contributed by atoms with Gasteiger partial charge in [-0.25, -0.2) is 13.2 Å². The van der Waals surface area contributed by atoms with Crippen molar-refractivity contribution in [2.45, 2.75) is 63.2 Å². The molecule has 0 saturated carbocycles. The van der Waals surface area contributed by atoms with Crippen molar-refractivity contribution >= 4 is 33.3 Å². The van der Waals surface area contributed by atoms with Crippen LogP contribution in [0.1, 0.15) is 50.4 Å². The van der Waals surface area contributed by atoms with Crippen LogP contribution in [-0.4, -0.2) is 86.3 Å². The molecule has 3 aromatic rings. The van der Waals surface area contributed by atoms with Gasteiger partial charge in [-0.2, -0.15) is 4.31 Å². The van der Waals surface area contributed by atoms with Crippen molar-refractivity contribution in [1.82, 2.24) is 9.21 Å². The number of rotatable bonds is 8. The zero-order chi connectivity index (χ0) is 34.0. The van der Waals surface area contributed by atoms with Crippen LogP contribution < -0.4 is 15.4 Å². The number of benzene rings is 3. The number of urea groups is 1. The summed E-state index contributed by atoms with van der Waals surface area (Å²) in [5.74, 6) is -0.336. The lowest BCUT2D eigenvalue weighted by Crippen LogP contribution is -2.48. The molecule has 1 aliphatic heterocycles. The molecule has 4 rings (SSSR count). The van der Waals surface area contributed by atoms with Crippen LogP contribution in [0, 0.1) is 5.92 Å². The van der Waals surface area contributed by atoms with E-state index in [2.05, 4.69) is 10.6 Å². The topological polar surface area (TPSA) is 138 Å². The van der Waals surface area contributed by atoms with E-state index in [1.165, 1.54) is 11.4 Å². The Balaban J connectivity index is 1.63. The zero-order valence-electron chi connectivity index (χ0n) is 27.5. The third kappa shape index (κ3) is 9.77. The predicted octanol–water partition coefficient (Wildman–Crippen LogP) is 5.45. The molecule has 11 nitrogen and oxygen atoms in total. The fraction of sp³-hybridized carbons (Fsp3) is 0.429. The van der Waals surface area contributed by atoms with E-state index in [4.69, 9.17) is 9.47 Å². The second-order valence-corrected chi connectivity index (χ2v) is 14.1. The molecule has 3 aromatic carbocycles. The second kappa shape index (κ2) is 16.7. The number of carbonyl (C=O) groups is 2. The minimum atomic E-state index is -3.77. The fourth-order valence-electron chi connectivity index (χ4n) is 5.40.